The number of aromatic carboxylic acids is 1. The van der Waals surface area contributed by atoms with Gasteiger partial charge in [-0.05, 0) is 35.2 Å². The molecular weight excluding hydrogens is 440 g/mol. The van der Waals surface area contributed by atoms with E-state index in [1.165, 1.54) is 12.1 Å². The smallest absolute Gasteiger partial charge is 0.336 e. The molecule has 0 saturated carbocycles. The number of nitrogens with zero attached hydrogens (tertiary/aromatic N) is 2. The van der Waals surface area contributed by atoms with E-state index in [1.54, 1.807) is 18.2 Å². The summed E-state index contributed by atoms with van der Waals surface area (Å²) >= 11 is 6.05. The fraction of sp³-hybridized carbons (Fsp3) is 0.192. The topological polar surface area (TPSA) is 92.4 Å². The van der Waals surface area contributed by atoms with Gasteiger partial charge in [0.25, 0.3) is 0 Å². The highest BCUT2D eigenvalue weighted by molar-refractivity contribution is 6.31. The van der Waals surface area contributed by atoms with Crippen LogP contribution in [0, 0.1) is 0 Å². The number of aryl methyl sites for hydroxylation is 1. The molecule has 0 bridgehead atoms. The molecule has 6 nitrogen and oxygen atoms in total. The van der Waals surface area contributed by atoms with Crippen LogP contribution in [-0.4, -0.2) is 25.7 Å². The van der Waals surface area contributed by atoms with Crippen LogP contribution in [0.25, 0.3) is 22.2 Å². The fourth-order valence-corrected chi connectivity index (χ4v) is 4.09. The molecule has 0 atom stereocenters. The third-order valence-corrected chi connectivity index (χ3v) is 5.90. The molecule has 0 aliphatic rings. The second kappa shape index (κ2) is 9.46. The Labute approximate surface area is 195 Å². The standard InChI is InChI=1S/C26H23ClN2O4/c1-2-3-8-24-28-21-13-20(27)25(31)23(30)14-22(21)29(24)15-16-9-11-17(12-10-16)18-6-4-5-7-19(18)26(32)33/h4-7,9-14H,2-3,8,15H2,1H3,(H,30,31)(H,32,33). The quantitative estimate of drug-likeness (QED) is 0.377. The van der Waals surface area contributed by atoms with Crippen LogP contribution in [0.15, 0.2) is 65.5 Å². The predicted octanol–water partition coefficient (Wildman–Crippen LogP) is 5.51. The van der Waals surface area contributed by atoms with Crippen LogP contribution in [0.5, 0.6) is 5.75 Å². The molecule has 4 aromatic rings. The molecule has 33 heavy (non-hydrogen) atoms. The van der Waals surface area contributed by atoms with Crippen molar-refractivity contribution in [1.82, 2.24) is 9.55 Å². The number of benzene rings is 2. The van der Waals surface area contributed by atoms with Crippen LogP contribution in [-0.2, 0) is 13.0 Å². The Morgan fingerprint density at radius 2 is 1.82 bits per heavy atom. The summed E-state index contributed by atoms with van der Waals surface area (Å²) in [6.07, 6.45) is 2.71. The molecule has 0 amide bonds. The average Bonchev–Trinajstić information content (AvgIpc) is 3.07. The molecule has 0 fully saturated rings. The van der Waals surface area contributed by atoms with Crippen LogP contribution < -0.4 is 5.43 Å². The monoisotopic (exact) mass is 462 g/mol. The van der Waals surface area contributed by atoms with Gasteiger partial charge in [0.2, 0.25) is 5.43 Å². The molecule has 2 N–H and O–H groups in total. The van der Waals surface area contributed by atoms with Crippen molar-refractivity contribution in [2.45, 2.75) is 32.7 Å². The summed E-state index contributed by atoms with van der Waals surface area (Å²) in [4.78, 5) is 28.3. The van der Waals surface area contributed by atoms with E-state index >= 15 is 0 Å². The number of halogens is 1. The third kappa shape index (κ3) is 4.61. The van der Waals surface area contributed by atoms with E-state index in [2.05, 4.69) is 11.9 Å². The zero-order valence-corrected chi connectivity index (χ0v) is 18.8. The van der Waals surface area contributed by atoms with E-state index in [0.717, 1.165) is 36.2 Å². The Morgan fingerprint density at radius 1 is 1.09 bits per heavy atom. The highest BCUT2D eigenvalue weighted by Crippen LogP contribution is 2.26. The number of carbonyl (C=O) groups is 1. The Hall–Kier alpha value is -3.64. The van der Waals surface area contributed by atoms with Crippen molar-refractivity contribution in [3.8, 4) is 16.9 Å². The van der Waals surface area contributed by atoms with Gasteiger partial charge in [-0.15, -0.1) is 0 Å². The number of aromatic nitrogens is 2. The highest BCUT2D eigenvalue weighted by atomic mass is 35.5. The minimum Gasteiger partial charge on any atom is -0.504 e. The second-order valence-corrected chi connectivity index (χ2v) is 8.29. The van der Waals surface area contributed by atoms with Gasteiger partial charge in [0.15, 0.2) is 5.75 Å². The van der Waals surface area contributed by atoms with E-state index in [9.17, 15) is 19.8 Å². The molecule has 0 saturated heterocycles. The molecule has 0 aliphatic heterocycles. The largest absolute Gasteiger partial charge is 0.504 e. The summed E-state index contributed by atoms with van der Waals surface area (Å²) < 4.78 is 1.99. The Bertz CT molecular complexity index is 1390. The third-order valence-electron chi connectivity index (χ3n) is 5.62. The number of aromatic hydroxyl groups is 1. The molecule has 4 rings (SSSR count). The molecule has 0 aliphatic carbocycles. The zero-order chi connectivity index (χ0) is 23.5. The van der Waals surface area contributed by atoms with Gasteiger partial charge in [-0.1, -0.05) is 67.4 Å². The highest BCUT2D eigenvalue weighted by Gasteiger charge is 2.15. The van der Waals surface area contributed by atoms with E-state index in [-0.39, 0.29) is 10.6 Å². The lowest BCUT2D eigenvalue weighted by Gasteiger charge is -2.11. The Morgan fingerprint density at radius 3 is 2.52 bits per heavy atom. The van der Waals surface area contributed by atoms with Gasteiger partial charge in [0.1, 0.15) is 5.82 Å². The van der Waals surface area contributed by atoms with Gasteiger partial charge >= 0.3 is 5.97 Å². The van der Waals surface area contributed by atoms with Gasteiger partial charge in [-0.3, -0.25) is 4.79 Å². The summed E-state index contributed by atoms with van der Waals surface area (Å²) in [5.74, 6) is -0.538. The number of unbranched alkanes of at least 4 members (excludes halogenated alkanes) is 1. The van der Waals surface area contributed by atoms with E-state index in [1.807, 2.05) is 34.9 Å². The lowest BCUT2D eigenvalue weighted by atomic mass is 9.99. The lowest BCUT2D eigenvalue weighted by molar-refractivity contribution is 0.0697. The number of carboxylic acids is 1. The number of fused-ring (bicyclic) bond motifs is 1. The summed E-state index contributed by atoms with van der Waals surface area (Å²) in [6, 6.07) is 17.5. The van der Waals surface area contributed by atoms with Gasteiger partial charge < -0.3 is 14.8 Å². The molecule has 1 heterocycles. The minimum absolute atomic E-state index is 0.0735. The van der Waals surface area contributed by atoms with Crippen molar-refractivity contribution in [3.63, 3.8) is 0 Å². The normalized spacial score (nSPS) is 11.1. The summed E-state index contributed by atoms with van der Waals surface area (Å²) in [6.45, 7) is 2.58. The lowest BCUT2D eigenvalue weighted by Crippen LogP contribution is -2.06. The first-order chi connectivity index (χ1) is 15.9. The van der Waals surface area contributed by atoms with Crippen molar-refractivity contribution in [2.24, 2.45) is 0 Å². The van der Waals surface area contributed by atoms with E-state index in [4.69, 9.17) is 11.6 Å². The molecule has 0 unspecified atom stereocenters. The predicted molar refractivity (Wildman–Crippen MR) is 129 cm³/mol. The molecule has 0 radical (unpaired) electrons. The van der Waals surface area contributed by atoms with E-state index in [0.29, 0.717) is 23.1 Å². The first-order valence-electron chi connectivity index (χ1n) is 10.7. The number of imidazole rings is 1. The van der Waals surface area contributed by atoms with Crippen LogP contribution in [0.4, 0.5) is 0 Å². The molecule has 7 heteroatoms. The van der Waals surface area contributed by atoms with Gasteiger partial charge in [-0.25, -0.2) is 9.78 Å². The van der Waals surface area contributed by atoms with Crippen LogP contribution in [0.2, 0.25) is 5.02 Å². The van der Waals surface area contributed by atoms with Crippen molar-refractivity contribution in [3.05, 3.63) is 92.9 Å². The number of hydrogen-bond donors (Lipinski definition) is 2. The number of hydrogen-bond acceptors (Lipinski definition) is 4. The molecule has 1 aromatic heterocycles. The van der Waals surface area contributed by atoms with Crippen molar-refractivity contribution >= 4 is 28.6 Å². The van der Waals surface area contributed by atoms with Gasteiger partial charge in [0, 0.05) is 19.0 Å². The summed E-state index contributed by atoms with van der Waals surface area (Å²) in [5.41, 5.74) is 3.24. The first-order valence-corrected chi connectivity index (χ1v) is 11.1. The maximum absolute atomic E-state index is 12.1. The van der Waals surface area contributed by atoms with Crippen LogP contribution >= 0.6 is 11.6 Å². The van der Waals surface area contributed by atoms with Crippen molar-refractivity contribution in [2.75, 3.05) is 0 Å². The maximum atomic E-state index is 12.1. The molecule has 168 valence electrons. The zero-order valence-electron chi connectivity index (χ0n) is 18.1. The van der Waals surface area contributed by atoms with Gasteiger partial charge in [0.05, 0.1) is 21.6 Å². The number of rotatable bonds is 7. The Kier molecular flexibility index (Phi) is 6.47. The van der Waals surface area contributed by atoms with Crippen molar-refractivity contribution in [1.29, 1.82) is 0 Å². The van der Waals surface area contributed by atoms with Crippen LogP contribution in [0.1, 0.15) is 41.5 Å². The maximum Gasteiger partial charge on any atom is 0.336 e. The van der Waals surface area contributed by atoms with Crippen LogP contribution in [0.3, 0.4) is 0 Å². The Balaban J connectivity index is 1.75. The first kappa shape index (κ1) is 22.6. The minimum atomic E-state index is -0.968. The molecule has 3 aromatic carbocycles. The van der Waals surface area contributed by atoms with Gasteiger partial charge in [-0.2, -0.15) is 0 Å². The van der Waals surface area contributed by atoms with E-state index < -0.39 is 17.1 Å². The molecular formula is C26H23ClN2O4. The summed E-state index contributed by atoms with van der Waals surface area (Å²) in [5, 5.41) is 19.6. The fourth-order valence-electron chi connectivity index (χ4n) is 3.89. The second-order valence-electron chi connectivity index (χ2n) is 7.89. The average molecular weight is 463 g/mol. The SMILES string of the molecule is CCCCc1nc2cc(Cl)c(=O)c(O)cc2n1Cc1ccc(-c2ccccc2C(=O)O)cc1. The number of carboxylic acid groups (broad SMARTS) is 1. The van der Waals surface area contributed by atoms with Crippen molar-refractivity contribution < 1.29 is 15.0 Å². The summed E-state index contributed by atoms with van der Waals surface area (Å²) in [7, 11) is 0. The molecule has 0 spiro atoms.